The van der Waals surface area contributed by atoms with Gasteiger partial charge >= 0.3 is 5.51 Å². The van der Waals surface area contributed by atoms with E-state index in [1.54, 1.807) is 37.6 Å². The summed E-state index contributed by atoms with van der Waals surface area (Å²) < 4.78 is 41.2. The molecule has 0 radical (unpaired) electrons. The second-order valence-corrected chi connectivity index (χ2v) is 9.31. The van der Waals surface area contributed by atoms with E-state index in [-0.39, 0.29) is 27.0 Å². The molecule has 3 aromatic rings. The number of ketones is 1. The minimum Gasteiger partial charge on any atom is -0.294 e. The number of alkyl halides is 3. The Kier molecular flexibility index (Phi) is 5.75. The van der Waals surface area contributed by atoms with Crippen LogP contribution in [0, 0.1) is 5.92 Å². The zero-order valence-electron chi connectivity index (χ0n) is 15.6. The van der Waals surface area contributed by atoms with Gasteiger partial charge < -0.3 is 0 Å². The fourth-order valence-electron chi connectivity index (χ4n) is 3.09. The van der Waals surface area contributed by atoms with Crippen LogP contribution >= 0.6 is 39.3 Å². The third kappa shape index (κ3) is 4.60. The van der Waals surface area contributed by atoms with Gasteiger partial charge in [0.05, 0.1) is 15.7 Å². The van der Waals surface area contributed by atoms with Crippen molar-refractivity contribution >= 4 is 45.1 Å². The number of aromatic nitrogens is 4. The zero-order valence-corrected chi connectivity index (χ0v) is 18.7. The molecule has 158 valence electrons. The zero-order chi connectivity index (χ0) is 21.6. The molecule has 2 heterocycles. The average molecular weight is 520 g/mol. The topological polar surface area (TPSA) is 52.7 Å². The summed E-state index contributed by atoms with van der Waals surface area (Å²) in [6.45, 7) is 0. The molecule has 0 aliphatic heterocycles. The molecule has 0 saturated heterocycles. The lowest BCUT2D eigenvalue weighted by atomic mass is 10.0. The van der Waals surface area contributed by atoms with Crippen LogP contribution in [0.4, 0.5) is 13.2 Å². The summed E-state index contributed by atoms with van der Waals surface area (Å²) in [6, 6.07) is 5.19. The summed E-state index contributed by atoms with van der Waals surface area (Å²) in [4.78, 5) is 12.5. The Balaban J connectivity index is 1.64. The Morgan fingerprint density at radius 3 is 2.73 bits per heavy atom. The summed E-state index contributed by atoms with van der Waals surface area (Å²) >= 11 is 9.13. The maximum atomic E-state index is 12.7. The quantitative estimate of drug-likeness (QED) is 0.284. The van der Waals surface area contributed by atoms with Crippen LogP contribution in [0.15, 0.2) is 40.1 Å². The minimum atomic E-state index is -4.45. The van der Waals surface area contributed by atoms with Gasteiger partial charge in [-0.15, -0.1) is 0 Å². The molecule has 1 aliphatic carbocycles. The lowest BCUT2D eigenvalue weighted by Gasteiger charge is -2.06. The molecule has 0 spiro atoms. The maximum Gasteiger partial charge on any atom is 0.447 e. The largest absolute Gasteiger partial charge is 0.447 e. The van der Waals surface area contributed by atoms with E-state index in [0.29, 0.717) is 34.3 Å². The summed E-state index contributed by atoms with van der Waals surface area (Å²) in [7, 11) is 1.54. The van der Waals surface area contributed by atoms with E-state index in [0.717, 1.165) is 18.4 Å². The fraction of sp³-hybridized carbons (Fsp3) is 0.316. The summed E-state index contributed by atoms with van der Waals surface area (Å²) in [5.41, 5.74) is -2.53. The molecule has 1 fully saturated rings. The van der Waals surface area contributed by atoms with Crippen molar-refractivity contribution in [3.8, 4) is 16.9 Å². The first-order chi connectivity index (χ1) is 14.1. The van der Waals surface area contributed by atoms with E-state index in [4.69, 9.17) is 11.6 Å². The molecule has 0 unspecified atom stereocenters. The van der Waals surface area contributed by atoms with E-state index in [2.05, 4.69) is 26.1 Å². The van der Waals surface area contributed by atoms with Crippen LogP contribution < -0.4 is 0 Å². The molecule has 0 N–H and O–H groups in total. The van der Waals surface area contributed by atoms with E-state index in [1.165, 1.54) is 9.36 Å². The lowest BCUT2D eigenvalue weighted by molar-refractivity contribution is -0.0329. The number of aryl methyl sites for hydroxylation is 1. The van der Waals surface area contributed by atoms with Crippen molar-refractivity contribution in [1.82, 2.24) is 19.6 Å². The highest BCUT2D eigenvalue weighted by Crippen LogP contribution is 2.41. The van der Waals surface area contributed by atoms with Crippen molar-refractivity contribution in [3.05, 3.63) is 45.7 Å². The number of rotatable bonds is 6. The highest BCUT2D eigenvalue weighted by atomic mass is 79.9. The maximum absolute atomic E-state index is 12.7. The normalized spacial score (nSPS) is 14.3. The first kappa shape index (κ1) is 21.5. The minimum absolute atomic E-state index is 0.0138. The standard InChI is InChI=1S/C19H15BrClF3N4OS/c1-27-18(16(20)17(26-27)30-19(22,23)24)28-9-12(8-25-28)11-4-5-14(21)13(7-11)15(29)6-10-2-3-10/h4-5,7-10H,2-3,6H2,1H3. The molecular weight excluding hydrogens is 505 g/mol. The number of carbonyl (C=O) groups is 1. The molecular formula is C19H15BrClF3N4OS. The molecule has 11 heteroatoms. The molecule has 2 aromatic heterocycles. The molecule has 30 heavy (non-hydrogen) atoms. The van der Waals surface area contributed by atoms with Crippen molar-refractivity contribution in [2.75, 3.05) is 0 Å². The molecule has 4 rings (SSSR count). The Morgan fingerprint density at radius 2 is 2.07 bits per heavy atom. The predicted octanol–water partition coefficient (Wildman–Crippen LogP) is 6.28. The predicted molar refractivity (Wildman–Crippen MR) is 112 cm³/mol. The number of nitrogens with zero attached hydrogens (tertiary/aromatic N) is 4. The van der Waals surface area contributed by atoms with Gasteiger partial charge in [-0.05, 0) is 52.4 Å². The highest BCUT2D eigenvalue weighted by molar-refractivity contribution is 9.10. The molecule has 0 atom stereocenters. The molecule has 0 bridgehead atoms. The smallest absolute Gasteiger partial charge is 0.294 e. The van der Waals surface area contributed by atoms with Crippen molar-refractivity contribution in [3.63, 3.8) is 0 Å². The Labute approximate surface area is 187 Å². The summed E-state index contributed by atoms with van der Waals surface area (Å²) in [6.07, 6.45) is 5.88. The van der Waals surface area contributed by atoms with Crippen molar-refractivity contribution < 1.29 is 18.0 Å². The van der Waals surface area contributed by atoms with Gasteiger partial charge in [-0.1, -0.05) is 17.7 Å². The van der Waals surface area contributed by atoms with Crippen LogP contribution in [0.1, 0.15) is 29.6 Å². The lowest BCUT2D eigenvalue weighted by Crippen LogP contribution is -2.03. The van der Waals surface area contributed by atoms with Gasteiger partial charge in [0, 0.05) is 42.6 Å². The first-order valence-corrected chi connectivity index (χ1v) is 11.0. The third-order valence-corrected chi connectivity index (χ3v) is 6.75. The van der Waals surface area contributed by atoms with Crippen molar-refractivity contribution in [1.29, 1.82) is 0 Å². The first-order valence-electron chi connectivity index (χ1n) is 8.99. The Hall–Kier alpha value is -1.78. The second-order valence-electron chi connectivity index (χ2n) is 7.05. The van der Waals surface area contributed by atoms with Crippen LogP contribution in [-0.2, 0) is 7.05 Å². The van der Waals surface area contributed by atoms with Gasteiger partial charge in [-0.3, -0.25) is 4.79 Å². The summed E-state index contributed by atoms with van der Waals surface area (Å²) in [5, 5.41) is 8.40. The van der Waals surface area contributed by atoms with Crippen LogP contribution in [0.5, 0.6) is 0 Å². The van der Waals surface area contributed by atoms with Crippen LogP contribution in [0.25, 0.3) is 16.9 Å². The molecule has 1 aromatic carbocycles. The third-order valence-electron chi connectivity index (χ3n) is 4.71. The Bertz CT molecular complexity index is 1120. The number of hydrogen-bond donors (Lipinski definition) is 0. The molecule has 0 amide bonds. The number of carbonyl (C=O) groups excluding carboxylic acids is 1. The van der Waals surface area contributed by atoms with E-state index in [1.807, 2.05) is 0 Å². The average Bonchev–Trinajstić information content (AvgIpc) is 3.26. The number of Topliss-reactive ketones (excluding diaryl/α,β-unsaturated/α-hetero) is 1. The van der Waals surface area contributed by atoms with E-state index < -0.39 is 5.51 Å². The van der Waals surface area contributed by atoms with Crippen LogP contribution in [0.2, 0.25) is 5.02 Å². The van der Waals surface area contributed by atoms with E-state index >= 15 is 0 Å². The van der Waals surface area contributed by atoms with Gasteiger partial charge in [0.15, 0.2) is 11.6 Å². The van der Waals surface area contributed by atoms with Gasteiger partial charge in [-0.25, -0.2) is 9.36 Å². The fourth-order valence-corrected chi connectivity index (χ4v) is 4.64. The SMILES string of the molecule is Cn1nc(SC(F)(F)F)c(Br)c1-n1cc(-c2ccc(Cl)c(C(=O)CC3CC3)c2)cn1. The van der Waals surface area contributed by atoms with Gasteiger partial charge in [-0.2, -0.15) is 23.4 Å². The molecule has 1 saturated carbocycles. The van der Waals surface area contributed by atoms with Gasteiger partial charge in [0.1, 0.15) is 5.03 Å². The molecule has 5 nitrogen and oxygen atoms in total. The van der Waals surface area contributed by atoms with Gasteiger partial charge in [0.2, 0.25) is 0 Å². The van der Waals surface area contributed by atoms with E-state index in [9.17, 15) is 18.0 Å². The summed E-state index contributed by atoms with van der Waals surface area (Å²) in [5.74, 6) is 0.817. The Morgan fingerprint density at radius 1 is 1.33 bits per heavy atom. The monoisotopic (exact) mass is 518 g/mol. The van der Waals surface area contributed by atoms with Crippen LogP contribution in [-0.4, -0.2) is 30.9 Å². The second kappa shape index (κ2) is 8.05. The molecule has 1 aliphatic rings. The van der Waals surface area contributed by atoms with Crippen molar-refractivity contribution in [2.24, 2.45) is 13.0 Å². The van der Waals surface area contributed by atoms with Crippen LogP contribution in [0.3, 0.4) is 0 Å². The number of halogens is 5. The van der Waals surface area contributed by atoms with Gasteiger partial charge in [0.25, 0.3) is 0 Å². The highest BCUT2D eigenvalue weighted by Gasteiger charge is 2.33. The number of benzene rings is 1. The number of thioether (sulfide) groups is 1. The van der Waals surface area contributed by atoms with Crippen molar-refractivity contribution in [2.45, 2.75) is 29.8 Å². The number of hydrogen-bond acceptors (Lipinski definition) is 4.